The number of hydrogen-bond acceptors (Lipinski definition) is 1. The molecule has 0 bridgehead atoms. The van der Waals surface area contributed by atoms with Crippen LogP contribution in [0.4, 0.5) is 0 Å². The largest absolute Gasteiger partial charge is 0.265 e. The van der Waals surface area contributed by atoms with Crippen LogP contribution in [0.25, 0.3) is 0 Å². The Labute approximate surface area is 141 Å². The number of hydrogen-bond donors (Lipinski definition) is 1. The maximum absolute atomic E-state index is 3.82. The summed E-state index contributed by atoms with van der Waals surface area (Å²) < 4.78 is 0. The molecule has 1 unspecified atom stereocenters. The van der Waals surface area contributed by atoms with Crippen molar-refractivity contribution in [2.45, 2.75) is 13.8 Å². The molecule has 0 spiro atoms. The predicted octanol–water partition coefficient (Wildman–Crippen LogP) is 4.16. The van der Waals surface area contributed by atoms with Crippen LogP contribution in [-0.4, -0.2) is 0 Å². The number of nitrogens with one attached hydrogen (secondary N) is 1. The fourth-order valence-corrected chi connectivity index (χ4v) is 6.43. The van der Waals surface area contributed by atoms with E-state index in [-0.39, 0.29) is 0 Å². The Morgan fingerprint density at radius 3 is 1.65 bits per heavy atom. The van der Waals surface area contributed by atoms with Crippen LogP contribution in [0.1, 0.15) is 11.1 Å². The van der Waals surface area contributed by atoms with Crippen LogP contribution in [0.5, 0.6) is 0 Å². The van der Waals surface area contributed by atoms with Gasteiger partial charge in [0.25, 0.3) is 0 Å². The molecule has 0 aromatic heterocycles. The first kappa shape index (κ1) is 16.3. The molecule has 0 fully saturated rings. The minimum atomic E-state index is -0.531. The van der Waals surface area contributed by atoms with Crippen molar-refractivity contribution in [1.29, 1.82) is 0 Å². The third kappa shape index (κ3) is 4.49. The molecule has 0 saturated heterocycles. The second-order valence-electron chi connectivity index (χ2n) is 5.62. The Bertz CT molecular complexity index is 697. The highest BCUT2D eigenvalue weighted by Gasteiger charge is 2.13. The van der Waals surface area contributed by atoms with E-state index >= 15 is 0 Å². The molecule has 116 valence electrons. The van der Waals surface area contributed by atoms with Gasteiger partial charge in [-0.3, -0.25) is 4.86 Å². The molecule has 0 saturated carbocycles. The van der Waals surface area contributed by atoms with Gasteiger partial charge in [0.05, 0.1) is 0 Å². The summed E-state index contributed by atoms with van der Waals surface area (Å²) in [5, 5.41) is 4.11. The summed E-state index contributed by atoms with van der Waals surface area (Å²) in [5.41, 5.74) is 2.66. The predicted molar refractivity (Wildman–Crippen MR) is 106 cm³/mol. The number of aryl methyl sites for hydroxylation is 2. The van der Waals surface area contributed by atoms with Gasteiger partial charge in [-0.25, -0.2) is 0 Å². The zero-order valence-corrected chi connectivity index (χ0v) is 15.3. The van der Waals surface area contributed by atoms with Gasteiger partial charge in [-0.15, -0.1) is 0 Å². The van der Waals surface area contributed by atoms with Gasteiger partial charge in [-0.2, -0.15) is 0 Å². The van der Waals surface area contributed by atoms with Crippen LogP contribution in [0, 0.1) is 13.8 Å². The van der Waals surface area contributed by atoms with Crippen LogP contribution >= 0.6 is 16.8 Å². The quantitative estimate of drug-likeness (QED) is 0.690. The Morgan fingerprint density at radius 1 is 0.696 bits per heavy atom. The number of rotatable bonds is 5. The van der Waals surface area contributed by atoms with Gasteiger partial charge in [-0.1, -0.05) is 90.0 Å². The maximum Gasteiger partial charge on any atom is 0.0290 e. The zero-order valence-electron chi connectivity index (χ0n) is 13.5. The molecule has 0 heterocycles. The van der Waals surface area contributed by atoms with E-state index in [4.69, 9.17) is 0 Å². The highest BCUT2D eigenvalue weighted by Crippen LogP contribution is 2.33. The van der Waals surface area contributed by atoms with Crippen LogP contribution in [0.3, 0.4) is 0 Å². The van der Waals surface area contributed by atoms with Crippen molar-refractivity contribution < 1.29 is 0 Å². The zero-order chi connectivity index (χ0) is 16.1. The molecule has 0 amide bonds. The normalized spacial score (nSPS) is 11.4. The summed E-state index contributed by atoms with van der Waals surface area (Å²) in [6.07, 6.45) is 0. The van der Waals surface area contributed by atoms with Crippen molar-refractivity contribution in [2.24, 2.45) is 0 Å². The molecule has 3 aromatic carbocycles. The Hall–Kier alpha value is -1.52. The average Bonchev–Trinajstić information content (AvgIpc) is 2.56. The molecule has 1 nitrogen and oxygen atoms in total. The van der Waals surface area contributed by atoms with E-state index in [1.807, 2.05) is 0 Å². The van der Waals surface area contributed by atoms with Crippen LogP contribution in [-0.2, 0) is 0 Å². The van der Waals surface area contributed by atoms with Crippen LogP contribution < -0.4 is 20.8 Å². The molecule has 0 aliphatic rings. The van der Waals surface area contributed by atoms with Crippen molar-refractivity contribution in [1.82, 2.24) is 4.86 Å². The van der Waals surface area contributed by atoms with Crippen LogP contribution in [0.2, 0.25) is 0 Å². The molecule has 3 heteroatoms. The highest BCUT2D eigenvalue weighted by atomic mass is 31.2. The van der Waals surface area contributed by atoms with Gasteiger partial charge >= 0.3 is 0 Å². The first-order valence-electron chi connectivity index (χ1n) is 7.72. The van der Waals surface area contributed by atoms with E-state index < -0.39 is 8.07 Å². The van der Waals surface area contributed by atoms with Gasteiger partial charge in [0.2, 0.25) is 0 Å². The van der Waals surface area contributed by atoms with Gasteiger partial charge in [0.15, 0.2) is 0 Å². The minimum absolute atomic E-state index is 0.531. The molecular weight excluding hydrogens is 316 g/mol. The van der Waals surface area contributed by atoms with E-state index in [1.54, 1.807) is 0 Å². The van der Waals surface area contributed by atoms with E-state index in [0.29, 0.717) is 8.73 Å². The summed E-state index contributed by atoms with van der Waals surface area (Å²) in [4.78, 5) is 3.82. The Balaban J connectivity index is 1.85. The summed E-state index contributed by atoms with van der Waals surface area (Å²) in [6, 6.07) is 28.3. The molecule has 0 aliphatic heterocycles. The van der Waals surface area contributed by atoms with Gasteiger partial charge in [0.1, 0.15) is 0 Å². The monoisotopic (exact) mass is 337 g/mol. The third-order valence-electron chi connectivity index (χ3n) is 3.56. The summed E-state index contributed by atoms with van der Waals surface area (Å²) in [5.74, 6) is 0. The lowest BCUT2D eigenvalue weighted by molar-refractivity contribution is 1.40. The maximum atomic E-state index is 3.82. The molecule has 1 N–H and O–H groups in total. The standard InChI is InChI=1S/C20H21NP2/c1-16-13-17(2)15-18(14-16)22-21-23(19-9-5-3-6-10-19)20-11-7-4-8-12-20/h3-15,21-22H,1-2H3. The smallest absolute Gasteiger partial charge is 0.0290 e. The van der Waals surface area contributed by atoms with E-state index in [9.17, 15) is 0 Å². The lowest BCUT2D eigenvalue weighted by atomic mass is 10.2. The molecule has 23 heavy (non-hydrogen) atoms. The van der Waals surface area contributed by atoms with Gasteiger partial charge in [0, 0.05) is 8.07 Å². The summed E-state index contributed by atoms with van der Waals surface area (Å²) in [6.45, 7) is 4.33. The number of benzene rings is 3. The first-order valence-corrected chi connectivity index (χ1v) is 10.1. The molecule has 3 aromatic rings. The van der Waals surface area contributed by atoms with E-state index in [2.05, 4.69) is 97.6 Å². The fraction of sp³-hybridized carbons (Fsp3) is 0.100. The van der Waals surface area contributed by atoms with Gasteiger partial charge < -0.3 is 0 Å². The second-order valence-corrected chi connectivity index (χ2v) is 9.05. The Kier molecular flexibility index (Phi) is 5.57. The molecule has 3 rings (SSSR count). The fourth-order valence-electron chi connectivity index (χ4n) is 2.60. The Morgan fingerprint density at radius 2 is 1.17 bits per heavy atom. The molecule has 1 atom stereocenters. The SMILES string of the molecule is Cc1cc(C)cc(PNP(c2ccccc2)c2ccccc2)c1. The topological polar surface area (TPSA) is 12.0 Å². The summed E-state index contributed by atoms with van der Waals surface area (Å²) >= 11 is 0. The second kappa shape index (κ2) is 7.84. The van der Waals surface area contributed by atoms with Crippen molar-refractivity contribution in [3.63, 3.8) is 0 Å². The summed E-state index contributed by atoms with van der Waals surface area (Å²) in [7, 11) is 0.0760. The van der Waals surface area contributed by atoms with Crippen molar-refractivity contribution in [3.05, 3.63) is 90.0 Å². The van der Waals surface area contributed by atoms with Crippen molar-refractivity contribution in [3.8, 4) is 0 Å². The van der Waals surface area contributed by atoms with Gasteiger partial charge in [-0.05, 0) is 38.5 Å². The lowest BCUT2D eigenvalue weighted by Crippen LogP contribution is -2.20. The van der Waals surface area contributed by atoms with E-state index in [1.165, 1.54) is 27.0 Å². The minimum Gasteiger partial charge on any atom is -0.265 e. The third-order valence-corrected chi connectivity index (χ3v) is 7.11. The van der Waals surface area contributed by atoms with Crippen molar-refractivity contribution >= 4 is 32.7 Å². The molecule has 0 aliphatic carbocycles. The van der Waals surface area contributed by atoms with Crippen LogP contribution in [0.15, 0.2) is 78.9 Å². The van der Waals surface area contributed by atoms with Crippen molar-refractivity contribution in [2.75, 3.05) is 0 Å². The van der Waals surface area contributed by atoms with E-state index in [0.717, 1.165) is 0 Å². The lowest BCUT2D eigenvalue weighted by Gasteiger charge is -2.20. The highest BCUT2D eigenvalue weighted by molar-refractivity contribution is 7.77. The molecular formula is C20H21NP2. The molecule has 0 radical (unpaired) electrons. The average molecular weight is 337 g/mol. The first-order chi connectivity index (χ1) is 11.2.